The summed E-state index contributed by atoms with van der Waals surface area (Å²) in [6, 6.07) is 10.5. The van der Waals surface area contributed by atoms with Gasteiger partial charge in [-0.05, 0) is 30.5 Å². The van der Waals surface area contributed by atoms with Crippen LogP contribution < -0.4 is 0 Å². The largest absolute Gasteiger partial charge is 0.253 e. The number of hydrogen-bond donors (Lipinski definition) is 0. The maximum Gasteiger partial charge on any atom is 0.0708 e. The van der Waals surface area contributed by atoms with Crippen molar-refractivity contribution in [3.8, 4) is 0 Å². The Morgan fingerprint density at radius 2 is 1.86 bits per heavy atom. The Bertz CT molecular complexity index is 458. The van der Waals surface area contributed by atoms with Crippen LogP contribution in [0.1, 0.15) is 31.0 Å². The minimum atomic E-state index is 0.557. The molecule has 0 fully saturated rings. The number of aryl methyl sites for hydroxylation is 1. The average molecular weight is 185 g/mol. The van der Waals surface area contributed by atoms with Crippen LogP contribution in [0, 0.1) is 6.92 Å². The molecule has 1 heterocycles. The average Bonchev–Trinajstić information content (AvgIpc) is 2.16. The molecular formula is C13H15N. The Morgan fingerprint density at radius 1 is 1.14 bits per heavy atom. The van der Waals surface area contributed by atoms with Crippen molar-refractivity contribution in [2.24, 2.45) is 0 Å². The van der Waals surface area contributed by atoms with Gasteiger partial charge in [-0.2, -0.15) is 0 Å². The van der Waals surface area contributed by atoms with Crippen LogP contribution in [0.3, 0.4) is 0 Å². The van der Waals surface area contributed by atoms with Crippen LogP contribution in [0.4, 0.5) is 0 Å². The van der Waals surface area contributed by atoms with Gasteiger partial charge in [0.1, 0.15) is 0 Å². The highest BCUT2D eigenvalue weighted by molar-refractivity contribution is 5.82. The van der Waals surface area contributed by atoms with Crippen LogP contribution in [-0.2, 0) is 0 Å². The van der Waals surface area contributed by atoms with Crippen LogP contribution in [0.15, 0.2) is 30.3 Å². The zero-order chi connectivity index (χ0) is 10.1. The van der Waals surface area contributed by atoms with Gasteiger partial charge in [-0.1, -0.05) is 32.0 Å². The van der Waals surface area contributed by atoms with Crippen molar-refractivity contribution in [2.45, 2.75) is 26.7 Å². The molecule has 2 rings (SSSR count). The van der Waals surface area contributed by atoms with Crippen molar-refractivity contribution in [2.75, 3.05) is 0 Å². The number of aromatic nitrogens is 1. The van der Waals surface area contributed by atoms with Gasteiger partial charge in [0.25, 0.3) is 0 Å². The van der Waals surface area contributed by atoms with E-state index in [1.165, 1.54) is 10.9 Å². The van der Waals surface area contributed by atoms with E-state index in [0.29, 0.717) is 5.92 Å². The fraction of sp³-hybridized carbons (Fsp3) is 0.308. The number of para-hydroxylation sites is 1. The zero-order valence-electron chi connectivity index (χ0n) is 8.91. The summed E-state index contributed by atoms with van der Waals surface area (Å²) < 4.78 is 0. The molecule has 0 N–H and O–H groups in total. The first-order valence-electron chi connectivity index (χ1n) is 5.05. The molecule has 1 aromatic heterocycles. The van der Waals surface area contributed by atoms with Crippen LogP contribution in [0.25, 0.3) is 10.9 Å². The van der Waals surface area contributed by atoms with Gasteiger partial charge < -0.3 is 0 Å². The first kappa shape index (κ1) is 9.20. The Morgan fingerprint density at radius 3 is 2.57 bits per heavy atom. The molecule has 0 bridgehead atoms. The molecule has 72 valence electrons. The molecule has 0 radical (unpaired) electrons. The van der Waals surface area contributed by atoms with Gasteiger partial charge in [0.05, 0.1) is 5.52 Å². The van der Waals surface area contributed by atoms with Gasteiger partial charge in [-0.25, -0.2) is 0 Å². The van der Waals surface area contributed by atoms with Crippen molar-refractivity contribution in [3.05, 3.63) is 41.6 Å². The van der Waals surface area contributed by atoms with Crippen molar-refractivity contribution >= 4 is 10.9 Å². The van der Waals surface area contributed by atoms with E-state index in [2.05, 4.69) is 50.0 Å². The number of rotatable bonds is 1. The van der Waals surface area contributed by atoms with Gasteiger partial charge in [0.2, 0.25) is 0 Å². The molecule has 2 aromatic rings. The normalized spacial score (nSPS) is 11.1. The van der Waals surface area contributed by atoms with E-state index in [0.717, 1.165) is 11.2 Å². The van der Waals surface area contributed by atoms with Gasteiger partial charge in [0, 0.05) is 11.1 Å². The summed E-state index contributed by atoms with van der Waals surface area (Å²) in [5.41, 5.74) is 3.61. The molecule has 0 spiro atoms. The van der Waals surface area contributed by atoms with Gasteiger partial charge in [-0.15, -0.1) is 0 Å². The summed E-state index contributed by atoms with van der Waals surface area (Å²) >= 11 is 0. The smallest absolute Gasteiger partial charge is 0.0708 e. The lowest BCUT2D eigenvalue weighted by molar-refractivity contribution is 0.871. The van der Waals surface area contributed by atoms with Gasteiger partial charge in [0.15, 0.2) is 0 Å². The molecule has 1 heteroatoms. The highest BCUT2D eigenvalue weighted by Gasteiger charge is 2.06. The number of pyridine rings is 1. The lowest BCUT2D eigenvalue weighted by atomic mass is 9.98. The van der Waals surface area contributed by atoms with E-state index in [1.807, 2.05) is 6.07 Å². The highest BCUT2D eigenvalue weighted by atomic mass is 14.7. The van der Waals surface area contributed by atoms with Crippen molar-refractivity contribution in [3.63, 3.8) is 0 Å². The first-order chi connectivity index (χ1) is 6.68. The Balaban J connectivity index is 2.80. The van der Waals surface area contributed by atoms with E-state index in [-0.39, 0.29) is 0 Å². The Hall–Kier alpha value is -1.37. The van der Waals surface area contributed by atoms with E-state index in [9.17, 15) is 0 Å². The number of fused-ring (bicyclic) bond motifs is 1. The standard InChI is InChI=1S/C13H15N/c1-9(2)12-8-10(3)14-13-7-5-4-6-11(12)13/h4-9H,1-3H3. The third-order valence-corrected chi connectivity index (χ3v) is 2.50. The molecule has 14 heavy (non-hydrogen) atoms. The SMILES string of the molecule is Cc1cc(C(C)C)c2ccccc2n1. The lowest BCUT2D eigenvalue weighted by Gasteiger charge is -2.10. The van der Waals surface area contributed by atoms with Crippen molar-refractivity contribution in [1.29, 1.82) is 0 Å². The zero-order valence-corrected chi connectivity index (χ0v) is 8.91. The number of hydrogen-bond acceptors (Lipinski definition) is 1. The molecular weight excluding hydrogens is 170 g/mol. The summed E-state index contributed by atoms with van der Waals surface area (Å²) in [4.78, 5) is 4.52. The van der Waals surface area contributed by atoms with Gasteiger partial charge >= 0.3 is 0 Å². The van der Waals surface area contributed by atoms with Crippen LogP contribution >= 0.6 is 0 Å². The topological polar surface area (TPSA) is 12.9 Å². The maximum atomic E-state index is 4.52. The van der Waals surface area contributed by atoms with E-state index in [1.54, 1.807) is 0 Å². The number of nitrogens with zero attached hydrogens (tertiary/aromatic N) is 1. The van der Waals surface area contributed by atoms with Crippen molar-refractivity contribution in [1.82, 2.24) is 4.98 Å². The monoisotopic (exact) mass is 185 g/mol. The summed E-state index contributed by atoms with van der Waals surface area (Å²) in [6.45, 7) is 6.50. The summed E-state index contributed by atoms with van der Waals surface area (Å²) in [5, 5.41) is 1.29. The second-order valence-electron chi connectivity index (χ2n) is 4.02. The third kappa shape index (κ3) is 1.50. The molecule has 0 unspecified atom stereocenters. The van der Waals surface area contributed by atoms with E-state index in [4.69, 9.17) is 0 Å². The molecule has 1 nitrogen and oxygen atoms in total. The summed E-state index contributed by atoms with van der Waals surface area (Å²) in [7, 11) is 0. The Kier molecular flexibility index (Phi) is 2.24. The maximum absolute atomic E-state index is 4.52. The molecule has 0 saturated heterocycles. The summed E-state index contributed by atoms with van der Waals surface area (Å²) in [5.74, 6) is 0.557. The molecule has 0 saturated carbocycles. The lowest BCUT2D eigenvalue weighted by Crippen LogP contribution is -1.93. The molecule has 0 aliphatic carbocycles. The third-order valence-electron chi connectivity index (χ3n) is 2.50. The fourth-order valence-electron chi connectivity index (χ4n) is 1.82. The second-order valence-corrected chi connectivity index (χ2v) is 4.02. The molecule has 0 aliphatic heterocycles. The van der Waals surface area contributed by atoms with Crippen LogP contribution in [0.5, 0.6) is 0 Å². The minimum absolute atomic E-state index is 0.557. The van der Waals surface area contributed by atoms with Gasteiger partial charge in [-0.3, -0.25) is 4.98 Å². The Labute approximate surface area is 84.8 Å². The summed E-state index contributed by atoms with van der Waals surface area (Å²) in [6.07, 6.45) is 0. The second kappa shape index (κ2) is 3.41. The van der Waals surface area contributed by atoms with Crippen LogP contribution in [0.2, 0.25) is 0 Å². The molecule has 0 aliphatic rings. The van der Waals surface area contributed by atoms with E-state index >= 15 is 0 Å². The molecule has 0 atom stereocenters. The molecule has 1 aromatic carbocycles. The number of benzene rings is 1. The van der Waals surface area contributed by atoms with Crippen molar-refractivity contribution < 1.29 is 0 Å². The quantitative estimate of drug-likeness (QED) is 0.660. The molecule has 0 amide bonds. The highest BCUT2D eigenvalue weighted by Crippen LogP contribution is 2.24. The first-order valence-corrected chi connectivity index (χ1v) is 5.05. The van der Waals surface area contributed by atoms with Crippen LogP contribution in [-0.4, -0.2) is 4.98 Å². The van der Waals surface area contributed by atoms with E-state index < -0.39 is 0 Å². The predicted molar refractivity (Wildman–Crippen MR) is 60.6 cm³/mol. The predicted octanol–water partition coefficient (Wildman–Crippen LogP) is 3.67. The fourth-order valence-corrected chi connectivity index (χ4v) is 1.82. The minimum Gasteiger partial charge on any atom is -0.253 e.